The molecule has 0 unspecified atom stereocenters. The van der Waals surface area contributed by atoms with Crippen LogP contribution in [0, 0.1) is 6.92 Å². The summed E-state index contributed by atoms with van der Waals surface area (Å²) in [5.41, 5.74) is 4.42. The minimum atomic E-state index is -5.06. The number of H-pyrrole nitrogens is 1. The van der Waals surface area contributed by atoms with Gasteiger partial charge in [-0.2, -0.15) is 18.3 Å². The van der Waals surface area contributed by atoms with Crippen molar-refractivity contribution in [1.29, 1.82) is 0 Å². The number of aryl methyl sites for hydroxylation is 1. The van der Waals surface area contributed by atoms with Crippen LogP contribution >= 0.6 is 0 Å². The Morgan fingerprint density at radius 2 is 1.95 bits per heavy atom. The van der Waals surface area contributed by atoms with Gasteiger partial charge in [-0.25, -0.2) is 0 Å². The molecule has 1 aromatic heterocycles. The zero-order chi connectivity index (χ0) is 14.9. The van der Waals surface area contributed by atoms with Gasteiger partial charge in [0.2, 0.25) is 0 Å². The largest absolute Gasteiger partial charge is 0.472 e. The van der Waals surface area contributed by atoms with Gasteiger partial charge in [-0.3, -0.25) is 25.5 Å². The van der Waals surface area contributed by atoms with Crippen molar-refractivity contribution in [3.8, 4) is 0 Å². The third kappa shape index (κ3) is 2.71. The normalized spacial score (nSPS) is 11.4. The molecular formula is C11H9F3N4O2. The number of alkyl halides is 3. The molecule has 0 spiro atoms. The molecule has 0 aliphatic carbocycles. The van der Waals surface area contributed by atoms with Gasteiger partial charge in [0.05, 0.1) is 11.2 Å². The third-order valence-corrected chi connectivity index (χ3v) is 2.56. The first-order valence-corrected chi connectivity index (χ1v) is 5.41. The molecular weight excluding hydrogens is 277 g/mol. The maximum atomic E-state index is 11.9. The lowest BCUT2D eigenvalue weighted by Crippen LogP contribution is -2.47. The van der Waals surface area contributed by atoms with Crippen LogP contribution in [0.25, 0.3) is 10.9 Å². The number of nitrogens with zero attached hydrogens (tertiary/aromatic N) is 1. The molecule has 106 valence electrons. The van der Waals surface area contributed by atoms with E-state index in [0.29, 0.717) is 16.6 Å². The van der Waals surface area contributed by atoms with Gasteiger partial charge >= 0.3 is 12.1 Å². The Hall–Kier alpha value is -2.58. The van der Waals surface area contributed by atoms with Crippen molar-refractivity contribution in [2.75, 3.05) is 0 Å². The monoisotopic (exact) mass is 286 g/mol. The Labute approximate surface area is 110 Å². The van der Waals surface area contributed by atoms with Gasteiger partial charge in [0, 0.05) is 10.9 Å². The predicted octanol–water partition coefficient (Wildman–Crippen LogP) is 1.19. The van der Waals surface area contributed by atoms with E-state index < -0.39 is 18.0 Å². The SMILES string of the molecule is Cc1n[nH]c2ccc(C(=O)NNC(=O)C(F)(F)F)cc12. The number of carbonyl (C=O) groups is 2. The summed E-state index contributed by atoms with van der Waals surface area (Å²) in [5, 5.41) is 7.32. The van der Waals surface area contributed by atoms with E-state index in [9.17, 15) is 22.8 Å². The summed E-state index contributed by atoms with van der Waals surface area (Å²) >= 11 is 0. The van der Waals surface area contributed by atoms with Crippen molar-refractivity contribution in [1.82, 2.24) is 21.0 Å². The Balaban J connectivity index is 2.11. The smallest absolute Gasteiger partial charge is 0.278 e. The highest BCUT2D eigenvalue weighted by molar-refractivity contribution is 5.99. The Bertz CT molecular complexity index is 678. The number of halogens is 3. The van der Waals surface area contributed by atoms with E-state index in [4.69, 9.17) is 0 Å². The van der Waals surface area contributed by atoms with Crippen LogP contribution < -0.4 is 10.9 Å². The average molecular weight is 286 g/mol. The number of fused-ring (bicyclic) bond motifs is 1. The Kier molecular flexibility index (Phi) is 3.35. The third-order valence-electron chi connectivity index (χ3n) is 2.56. The number of nitrogens with one attached hydrogen (secondary N) is 3. The fraction of sp³-hybridized carbons (Fsp3) is 0.182. The highest BCUT2D eigenvalue weighted by Gasteiger charge is 2.38. The number of hydrazine groups is 1. The lowest BCUT2D eigenvalue weighted by Gasteiger charge is -2.09. The summed E-state index contributed by atoms with van der Waals surface area (Å²) in [5.74, 6) is -3.10. The van der Waals surface area contributed by atoms with Gasteiger partial charge in [-0.1, -0.05) is 0 Å². The van der Waals surface area contributed by atoms with Gasteiger partial charge in [-0.05, 0) is 25.1 Å². The van der Waals surface area contributed by atoms with Crippen LogP contribution in [0.2, 0.25) is 0 Å². The van der Waals surface area contributed by atoms with Crippen LogP contribution in [0.3, 0.4) is 0 Å². The number of aromatic nitrogens is 2. The molecule has 0 radical (unpaired) electrons. The molecule has 1 aromatic carbocycles. The maximum absolute atomic E-state index is 11.9. The minimum Gasteiger partial charge on any atom is -0.278 e. The van der Waals surface area contributed by atoms with Crippen LogP contribution in [0.15, 0.2) is 18.2 Å². The van der Waals surface area contributed by atoms with E-state index >= 15 is 0 Å². The van der Waals surface area contributed by atoms with Crippen molar-refractivity contribution >= 4 is 22.7 Å². The Morgan fingerprint density at radius 3 is 2.60 bits per heavy atom. The van der Waals surface area contributed by atoms with Crippen molar-refractivity contribution in [3.05, 3.63) is 29.5 Å². The van der Waals surface area contributed by atoms with Gasteiger partial charge in [0.25, 0.3) is 5.91 Å². The molecule has 9 heteroatoms. The zero-order valence-electron chi connectivity index (χ0n) is 10.1. The quantitative estimate of drug-likeness (QED) is 0.688. The lowest BCUT2D eigenvalue weighted by atomic mass is 10.1. The van der Waals surface area contributed by atoms with Crippen molar-refractivity contribution in [2.45, 2.75) is 13.1 Å². The van der Waals surface area contributed by atoms with Crippen LogP contribution in [0.1, 0.15) is 16.1 Å². The molecule has 0 aliphatic rings. The maximum Gasteiger partial charge on any atom is 0.472 e. The molecule has 0 saturated carbocycles. The number of benzene rings is 1. The highest BCUT2D eigenvalue weighted by Crippen LogP contribution is 2.17. The summed E-state index contributed by atoms with van der Waals surface area (Å²) in [6.45, 7) is 1.71. The second kappa shape index (κ2) is 4.83. The first-order valence-electron chi connectivity index (χ1n) is 5.41. The van der Waals surface area contributed by atoms with E-state index in [1.807, 2.05) is 0 Å². The summed E-state index contributed by atoms with van der Waals surface area (Å²) in [6, 6.07) is 4.42. The van der Waals surface area contributed by atoms with E-state index in [-0.39, 0.29) is 5.56 Å². The standard InChI is InChI=1S/C11H9F3N4O2/c1-5-7-4-6(2-3-8(7)16-15-5)9(19)17-18-10(20)11(12,13)14/h2-4H,1H3,(H,15,16)(H,17,19)(H,18,20). The second-order valence-corrected chi connectivity index (χ2v) is 3.98. The van der Waals surface area contributed by atoms with Crippen LogP contribution in [-0.4, -0.2) is 28.2 Å². The molecule has 0 fully saturated rings. The molecule has 20 heavy (non-hydrogen) atoms. The molecule has 3 N–H and O–H groups in total. The minimum absolute atomic E-state index is 0.101. The van der Waals surface area contributed by atoms with Gasteiger partial charge in [-0.15, -0.1) is 0 Å². The van der Waals surface area contributed by atoms with Gasteiger partial charge < -0.3 is 0 Å². The van der Waals surface area contributed by atoms with Crippen molar-refractivity contribution in [2.24, 2.45) is 0 Å². The van der Waals surface area contributed by atoms with Gasteiger partial charge in [0.15, 0.2) is 0 Å². The second-order valence-electron chi connectivity index (χ2n) is 3.98. The van der Waals surface area contributed by atoms with E-state index in [0.717, 1.165) is 0 Å². The van der Waals surface area contributed by atoms with Gasteiger partial charge in [0.1, 0.15) is 0 Å². The number of hydrogen-bond donors (Lipinski definition) is 3. The first-order chi connectivity index (χ1) is 9.29. The van der Waals surface area contributed by atoms with E-state index in [1.165, 1.54) is 17.6 Å². The molecule has 0 atom stereocenters. The molecule has 6 nitrogen and oxygen atoms in total. The molecule has 0 saturated heterocycles. The first kappa shape index (κ1) is 13.8. The Morgan fingerprint density at radius 1 is 1.25 bits per heavy atom. The fourth-order valence-corrected chi connectivity index (χ4v) is 1.54. The lowest BCUT2D eigenvalue weighted by molar-refractivity contribution is -0.174. The molecule has 0 aliphatic heterocycles. The number of carbonyl (C=O) groups excluding carboxylic acids is 2. The predicted molar refractivity (Wildman–Crippen MR) is 62.5 cm³/mol. The highest BCUT2D eigenvalue weighted by atomic mass is 19.4. The van der Waals surface area contributed by atoms with E-state index in [2.05, 4.69) is 10.2 Å². The number of hydrogen-bond acceptors (Lipinski definition) is 3. The molecule has 2 rings (SSSR count). The fourth-order valence-electron chi connectivity index (χ4n) is 1.54. The van der Waals surface area contributed by atoms with E-state index in [1.54, 1.807) is 18.4 Å². The number of amides is 2. The summed E-state index contributed by atoms with van der Waals surface area (Å²) in [4.78, 5) is 22.2. The van der Waals surface area contributed by atoms with Crippen LogP contribution in [-0.2, 0) is 4.79 Å². The zero-order valence-corrected chi connectivity index (χ0v) is 10.1. The molecule has 0 bridgehead atoms. The average Bonchev–Trinajstić information content (AvgIpc) is 2.75. The number of rotatable bonds is 1. The summed E-state index contributed by atoms with van der Waals surface area (Å²) < 4.78 is 35.8. The summed E-state index contributed by atoms with van der Waals surface area (Å²) in [7, 11) is 0. The summed E-state index contributed by atoms with van der Waals surface area (Å²) in [6.07, 6.45) is -5.06. The van der Waals surface area contributed by atoms with Crippen molar-refractivity contribution < 1.29 is 22.8 Å². The number of aromatic amines is 1. The van der Waals surface area contributed by atoms with Crippen LogP contribution in [0.5, 0.6) is 0 Å². The molecule has 2 aromatic rings. The van der Waals surface area contributed by atoms with Crippen molar-refractivity contribution in [3.63, 3.8) is 0 Å². The molecule has 2 amide bonds. The molecule has 1 heterocycles. The van der Waals surface area contributed by atoms with Crippen LogP contribution in [0.4, 0.5) is 13.2 Å². The topological polar surface area (TPSA) is 86.9 Å².